The van der Waals surface area contributed by atoms with Crippen molar-refractivity contribution in [2.24, 2.45) is 0 Å². The number of pyridine rings is 1. The maximum atomic E-state index is 5.18. The molecular formula is C29H25NS. The molecule has 0 aliphatic heterocycles. The van der Waals surface area contributed by atoms with Crippen LogP contribution in [0.2, 0.25) is 0 Å². The first-order valence-corrected chi connectivity index (χ1v) is 11.7. The van der Waals surface area contributed by atoms with Crippen LogP contribution >= 0.6 is 11.3 Å². The van der Waals surface area contributed by atoms with E-state index in [2.05, 4.69) is 95.3 Å². The largest absolute Gasteiger partial charge is 0.248 e. The van der Waals surface area contributed by atoms with Gasteiger partial charge in [0, 0.05) is 25.9 Å². The Kier molecular flexibility index (Phi) is 3.80. The number of fused-ring (bicyclic) bond motifs is 6. The Bertz CT molecular complexity index is 1530. The number of thiophene rings is 1. The van der Waals surface area contributed by atoms with E-state index in [1.807, 2.05) is 11.3 Å². The zero-order valence-corrected chi connectivity index (χ0v) is 19.4. The van der Waals surface area contributed by atoms with Crippen LogP contribution in [0.5, 0.6) is 0 Å². The lowest BCUT2D eigenvalue weighted by Gasteiger charge is -2.25. The minimum atomic E-state index is -0.0616. The molecule has 0 atom stereocenters. The Morgan fingerprint density at radius 3 is 2.35 bits per heavy atom. The van der Waals surface area contributed by atoms with E-state index in [1.165, 1.54) is 59.3 Å². The van der Waals surface area contributed by atoms with E-state index in [1.54, 1.807) is 0 Å². The molecule has 3 aromatic carbocycles. The van der Waals surface area contributed by atoms with Gasteiger partial charge in [0.2, 0.25) is 0 Å². The Hall–Kier alpha value is -2.97. The predicted octanol–water partition coefficient (Wildman–Crippen LogP) is 8.35. The third-order valence-corrected chi connectivity index (χ3v) is 8.08. The summed E-state index contributed by atoms with van der Waals surface area (Å²) in [5.74, 6) is 0. The average molecular weight is 420 g/mol. The van der Waals surface area contributed by atoms with Crippen LogP contribution in [0, 0.1) is 20.8 Å². The quantitative estimate of drug-likeness (QED) is 0.266. The Labute approximate surface area is 187 Å². The summed E-state index contributed by atoms with van der Waals surface area (Å²) >= 11 is 1.92. The maximum Gasteiger partial charge on any atom is 0.0717 e. The van der Waals surface area contributed by atoms with Crippen molar-refractivity contribution in [3.63, 3.8) is 0 Å². The van der Waals surface area contributed by atoms with Crippen molar-refractivity contribution in [1.29, 1.82) is 0 Å². The van der Waals surface area contributed by atoms with Gasteiger partial charge in [0.15, 0.2) is 0 Å². The number of benzene rings is 3. The number of aromatic nitrogens is 1. The lowest BCUT2D eigenvalue weighted by Crippen LogP contribution is -2.16. The number of aryl methyl sites for hydroxylation is 3. The highest BCUT2D eigenvalue weighted by molar-refractivity contribution is 7.22. The van der Waals surface area contributed by atoms with Crippen molar-refractivity contribution in [1.82, 2.24) is 4.98 Å². The Morgan fingerprint density at radius 1 is 0.774 bits per heavy atom. The molecule has 0 fully saturated rings. The molecule has 0 amide bonds. The van der Waals surface area contributed by atoms with Crippen molar-refractivity contribution in [3.05, 3.63) is 88.5 Å². The number of nitrogens with zero attached hydrogens (tertiary/aromatic N) is 1. The van der Waals surface area contributed by atoms with Crippen LogP contribution in [-0.2, 0) is 5.41 Å². The van der Waals surface area contributed by atoms with Gasteiger partial charge >= 0.3 is 0 Å². The van der Waals surface area contributed by atoms with Crippen LogP contribution in [0.1, 0.15) is 41.7 Å². The van der Waals surface area contributed by atoms with Crippen LogP contribution in [0.3, 0.4) is 0 Å². The molecule has 2 heteroatoms. The van der Waals surface area contributed by atoms with E-state index in [9.17, 15) is 0 Å². The van der Waals surface area contributed by atoms with Crippen LogP contribution in [0.25, 0.3) is 42.7 Å². The second-order valence-electron chi connectivity index (χ2n) is 9.46. The zero-order valence-electron chi connectivity index (χ0n) is 18.6. The maximum absolute atomic E-state index is 5.18. The van der Waals surface area contributed by atoms with Crippen LogP contribution in [0.4, 0.5) is 0 Å². The molecule has 152 valence electrons. The topological polar surface area (TPSA) is 12.9 Å². The van der Waals surface area contributed by atoms with Gasteiger partial charge in [-0.1, -0.05) is 56.3 Å². The standard InChI is InChI=1S/C29H25NS/c1-16-13-17(2)25-18(3)15-22(30-23(25)14-16)19-10-8-11-21-26(19)29(4,5)27-20-9-6-7-12-24(20)31-28(21)27/h6-15H,1-5H3. The molecule has 0 N–H and O–H groups in total. The van der Waals surface area contributed by atoms with Gasteiger partial charge in [-0.3, -0.25) is 0 Å². The van der Waals surface area contributed by atoms with Gasteiger partial charge in [-0.05, 0) is 77.7 Å². The Morgan fingerprint density at radius 2 is 1.52 bits per heavy atom. The molecule has 5 aromatic rings. The normalized spacial score (nSPS) is 14.2. The summed E-state index contributed by atoms with van der Waals surface area (Å²) in [4.78, 5) is 6.61. The molecule has 0 spiro atoms. The summed E-state index contributed by atoms with van der Waals surface area (Å²) < 4.78 is 1.38. The highest BCUT2D eigenvalue weighted by atomic mass is 32.1. The first kappa shape index (κ1) is 18.8. The summed E-state index contributed by atoms with van der Waals surface area (Å²) in [6.07, 6.45) is 0. The molecule has 31 heavy (non-hydrogen) atoms. The fraction of sp³-hybridized carbons (Fsp3) is 0.207. The van der Waals surface area contributed by atoms with Gasteiger partial charge in [0.1, 0.15) is 0 Å². The lowest BCUT2D eigenvalue weighted by atomic mass is 9.78. The van der Waals surface area contributed by atoms with E-state index < -0.39 is 0 Å². The molecule has 1 aliphatic rings. The first-order valence-electron chi connectivity index (χ1n) is 10.9. The smallest absolute Gasteiger partial charge is 0.0717 e. The van der Waals surface area contributed by atoms with E-state index in [4.69, 9.17) is 4.98 Å². The van der Waals surface area contributed by atoms with Crippen molar-refractivity contribution in [2.45, 2.75) is 40.0 Å². The summed E-state index contributed by atoms with van der Waals surface area (Å²) in [6.45, 7) is 11.3. The molecule has 0 saturated carbocycles. The molecule has 0 unspecified atom stereocenters. The van der Waals surface area contributed by atoms with Gasteiger partial charge in [-0.2, -0.15) is 0 Å². The molecule has 2 aromatic heterocycles. The van der Waals surface area contributed by atoms with Gasteiger partial charge in [-0.25, -0.2) is 4.98 Å². The van der Waals surface area contributed by atoms with Crippen LogP contribution < -0.4 is 0 Å². The van der Waals surface area contributed by atoms with Crippen LogP contribution in [-0.4, -0.2) is 4.98 Å². The average Bonchev–Trinajstić information content (AvgIpc) is 3.21. The predicted molar refractivity (Wildman–Crippen MR) is 134 cm³/mol. The number of hydrogen-bond acceptors (Lipinski definition) is 2. The SMILES string of the molecule is Cc1cc(C)c2c(C)cc(-c3cccc4c3C(C)(C)c3c-4sc4ccccc34)nc2c1. The fourth-order valence-electron chi connectivity index (χ4n) is 5.73. The molecule has 1 nitrogen and oxygen atoms in total. The summed E-state index contributed by atoms with van der Waals surface area (Å²) in [5.41, 5.74) is 11.5. The second-order valence-corrected chi connectivity index (χ2v) is 10.5. The first-order chi connectivity index (χ1) is 14.9. The summed E-state index contributed by atoms with van der Waals surface area (Å²) in [5, 5.41) is 2.68. The monoisotopic (exact) mass is 419 g/mol. The van der Waals surface area contributed by atoms with E-state index in [0.717, 1.165) is 11.2 Å². The van der Waals surface area contributed by atoms with Crippen molar-refractivity contribution < 1.29 is 0 Å². The highest BCUT2D eigenvalue weighted by Gasteiger charge is 2.40. The highest BCUT2D eigenvalue weighted by Crippen LogP contribution is 2.57. The third-order valence-electron chi connectivity index (χ3n) is 6.88. The van der Waals surface area contributed by atoms with Gasteiger partial charge < -0.3 is 0 Å². The minimum absolute atomic E-state index is 0.0616. The lowest BCUT2D eigenvalue weighted by molar-refractivity contribution is 0.668. The van der Waals surface area contributed by atoms with Crippen molar-refractivity contribution in [2.75, 3.05) is 0 Å². The fourth-order valence-corrected chi connectivity index (χ4v) is 7.13. The molecule has 0 radical (unpaired) electrons. The second kappa shape index (κ2) is 6.27. The van der Waals surface area contributed by atoms with Gasteiger partial charge in [0.05, 0.1) is 11.2 Å². The van der Waals surface area contributed by atoms with Crippen LogP contribution in [0.15, 0.2) is 60.7 Å². The summed E-state index contributed by atoms with van der Waals surface area (Å²) in [7, 11) is 0. The molecule has 2 heterocycles. The molecule has 0 bridgehead atoms. The molecule has 0 saturated heterocycles. The van der Waals surface area contributed by atoms with E-state index in [-0.39, 0.29) is 5.41 Å². The Balaban J connectivity index is 1.65. The molecular weight excluding hydrogens is 394 g/mol. The van der Waals surface area contributed by atoms with E-state index in [0.29, 0.717) is 0 Å². The molecule has 6 rings (SSSR count). The van der Waals surface area contributed by atoms with Gasteiger partial charge in [0.25, 0.3) is 0 Å². The summed E-state index contributed by atoms with van der Waals surface area (Å²) in [6, 6.07) is 22.3. The third kappa shape index (κ3) is 2.52. The zero-order chi connectivity index (χ0) is 21.5. The number of rotatable bonds is 1. The van der Waals surface area contributed by atoms with Gasteiger partial charge in [-0.15, -0.1) is 11.3 Å². The van der Waals surface area contributed by atoms with Crippen molar-refractivity contribution in [3.8, 4) is 21.7 Å². The van der Waals surface area contributed by atoms with Crippen molar-refractivity contribution >= 4 is 32.3 Å². The van der Waals surface area contributed by atoms with E-state index >= 15 is 0 Å². The number of hydrogen-bond donors (Lipinski definition) is 0. The minimum Gasteiger partial charge on any atom is -0.248 e. The molecule has 1 aliphatic carbocycles.